The highest BCUT2D eigenvalue weighted by Gasteiger charge is 2.21. The maximum Gasteiger partial charge on any atom is 0.336 e. The molecule has 1 atom stereocenters. The molecule has 0 saturated carbocycles. The van der Waals surface area contributed by atoms with Crippen LogP contribution in [-0.4, -0.2) is 29.1 Å². The smallest absolute Gasteiger partial charge is 0.336 e. The number of aromatic nitrogens is 1. The summed E-state index contributed by atoms with van der Waals surface area (Å²) in [6.45, 7) is 6.06. The van der Waals surface area contributed by atoms with Crippen LogP contribution in [0, 0.1) is 0 Å². The maximum absolute atomic E-state index is 11.6. The van der Waals surface area contributed by atoms with Crippen molar-refractivity contribution in [3.63, 3.8) is 0 Å². The Kier molecular flexibility index (Phi) is 3.64. The Labute approximate surface area is 124 Å². The molecule has 1 fully saturated rings. The quantitative estimate of drug-likeness (QED) is 0.909. The van der Waals surface area contributed by atoms with E-state index in [0.29, 0.717) is 17.4 Å². The third-order valence-electron chi connectivity index (χ3n) is 4.23. The molecule has 0 spiro atoms. The molecule has 2 heterocycles. The van der Waals surface area contributed by atoms with E-state index in [2.05, 4.69) is 19.2 Å². The lowest BCUT2D eigenvalue weighted by Gasteiger charge is -2.13. The molecule has 2 N–H and O–H groups in total. The van der Waals surface area contributed by atoms with Crippen LogP contribution in [0.5, 0.6) is 0 Å². The molecule has 2 aromatic rings. The van der Waals surface area contributed by atoms with Crippen LogP contribution < -0.4 is 5.32 Å². The summed E-state index contributed by atoms with van der Waals surface area (Å²) in [7, 11) is 0. The molecule has 0 bridgehead atoms. The summed E-state index contributed by atoms with van der Waals surface area (Å²) < 4.78 is 0. The summed E-state index contributed by atoms with van der Waals surface area (Å²) in [6.07, 6.45) is 1.02. The van der Waals surface area contributed by atoms with E-state index in [1.54, 1.807) is 6.07 Å². The summed E-state index contributed by atoms with van der Waals surface area (Å²) in [5.74, 6) is -0.192. The van der Waals surface area contributed by atoms with Gasteiger partial charge in [0.2, 0.25) is 0 Å². The predicted octanol–water partition coefficient (Wildman–Crippen LogP) is 3.13. The van der Waals surface area contributed by atoms with Gasteiger partial charge in [0.15, 0.2) is 0 Å². The third-order valence-corrected chi connectivity index (χ3v) is 4.23. The van der Waals surface area contributed by atoms with Crippen LogP contribution in [0.15, 0.2) is 24.3 Å². The number of carboxylic acid groups (broad SMARTS) is 1. The second kappa shape index (κ2) is 5.45. The largest absolute Gasteiger partial charge is 0.478 e. The van der Waals surface area contributed by atoms with Gasteiger partial charge in [-0.1, -0.05) is 19.9 Å². The molecule has 1 saturated heterocycles. The molecular formula is C17H20N2O2. The molecule has 0 aliphatic carbocycles. The average Bonchev–Trinajstić information content (AvgIpc) is 2.99. The fraction of sp³-hybridized carbons (Fsp3) is 0.412. The lowest BCUT2D eigenvalue weighted by atomic mass is 9.96. The van der Waals surface area contributed by atoms with Gasteiger partial charge in [0, 0.05) is 23.5 Å². The summed E-state index contributed by atoms with van der Waals surface area (Å²) >= 11 is 0. The number of nitrogens with one attached hydrogen (secondary N) is 1. The molecule has 1 unspecified atom stereocenters. The van der Waals surface area contributed by atoms with Crippen molar-refractivity contribution in [1.29, 1.82) is 0 Å². The van der Waals surface area contributed by atoms with Gasteiger partial charge >= 0.3 is 5.97 Å². The lowest BCUT2D eigenvalue weighted by molar-refractivity contribution is 0.0699. The average molecular weight is 284 g/mol. The van der Waals surface area contributed by atoms with E-state index in [1.165, 1.54) is 0 Å². The highest BCUT2D eigenvalue weighted by Crippen LogP contribution is 2.28. The zero-order valence-electron chi connectivity index (χ0n) is 12.4. The molecule has 1 aliphatic heterocycles. The van der Waals surface area contributed by atoms with E-state index in [0.717, 1.165) is 41.7 Å². The van der Waals surface area contributed by atoms with Gasteiger partial charge in [0.25, 0.3) is 0 Å². The fourth-order valence-electron chi connectivity index (χ4n) is 2.92. The summed E-state index contributed by atoms with van der Waals surface area (Å²) in [6, 6.07) is 7.71. The van der Waals surface area contributed by atoms with Crippen LogP contribution in [0.25, 0.3) is 10.9 Å². The Hall–Kier alpha value is -1.94. The van der Waals surface area contributed by atoms with E-state index in [9.17, 15) is 9.90 Å². The van der Waals surface area contributed by atoms with Crippen molar-refractivity contribution in [2.24, 2.45) is 0 Å². The van der Waals surface area contributed by atoms with Crippen LogP contribution in [0.1, 0.15) is 53.7 Å². The second-order valence-corrected chi connectivity index (χ2v) is 6.02. The Morgan fingerprint density at radius 2 is 2.19 bits per heavy atom. The first-order valence-electron chi connectivity index (χ1n) is 7.45. The molecule has 21 heavy (non-hydrogen) atoms. The van der Waals surface area contributed by atoms with Gasteiger partial charge in [-0.05, 0) is 42.6 Å². The molecule has 1 aromatic carbocycles. The third kappa shape index (κ3) is 2.63. The molecule has 0 radical (unpaired) electrons. The van der Waals surface area contributed by atoms with E-state index in [4.69, 9.17) is 4.98 Å². The van der Waals surface area contributed by atoms with Crippen molar-refractivity contribution in [3.05, 3.63) is 41.1 Å². The Bertz CT molecular complexity index is 688. The molecule has 4 nitrogen and oxygen atoms in total. The number of benzene rings is 1. The number of hydrogen-bond donors (Lipinski definition) is 2. The number of aromatic carboxylic acids is 1. The van der Waals surface area contributed by atoms with Crippen molar-refractivity contribution in [3.8, 4) is 0 Å². The lowest BCUT2D eigenvalue weighted by Crippen LogP contribution is -2.10. The number of pyridine rings is 1. The minimum atomic E-state index is -0.879. The van der Waals surface area contributed by atoms with Crippen LogP contribution in [0.3, 0.4) is 0 Å². The first kappa shape index (κ1) is 14.0. The van der Waals surface area contributed by atoms with Gasteiger partial charge in [-0.15, -0.1) is 0 Å². The van der Waals surface area contributed by atoms with Crippen LogP contribution in [0.2, 0.25) is 0 Å². The topological polar surface area (TPSA) is 62.2 Å². The van der Waals surface area contributed by atoms with E-state index in [1.807, 2.05) is 18.2 Å². The summed E-state index contributed by atoms with van der Waals surface area (Å²) in [5, 5.41) is 13.6. The molecule has 3 rings (SSSR count). The first-order valence-corrected chi connectivity index (χ1v) is 7.45. The van der Waals surface area contributed by atoms with Gasteiger partial charge < -0.3 is 10.4 Å². The Morgan fingerprint density at radius 3 is 2.81 bits per heavy atom. The molecule has 110 valence electrons. The van der Waals surface area contributed by atoms with Crippen molar-refractivity contribution in [2.45, 2.75) is 32.1 Å². The summed E-state index contributed by atoms with van der Waals surface area (Å²) in [5.41, 5.74) is 3.18. The predicted molar refractivity (Wildman–Crippen MR) is 83.0 cm³/mol. The molecular weight excluding hydrogens is 264 g/mol. The monoisotopic (exact) mass is 284 g/mol. The van der Waals surface area contributed by atoms with E-state index >= 15 is 0 Å². The van der Waals surface area contributed by atoms with E-state index in [-0.39, 0.29) is 0 Å². The van der Waals surface area contributed by atoms with Crippen LogP contribution >= 0.6 is 0 Å². The van der Waals surface area contributed by atoms with Crippen LogP contribution in [-0.2, 0) is 0 Å². The Morgan fingerprint density at radius 1 is 1.38 bits per heavy atom. The van der Waals surface area contributed by atoms with Gasteiger partial charge in [-0.2, -0.15) is 0 Å². The van der Waals surface area contributed by atoms with Crippen molar-refractivity contribution in [1.82, 2.24) is 10.3 Å². The van der Waals surface area contributed by atoms with Crippen molar-refractivity contribution < 1.29 is 9.90 Å². The number of nitrogens with zero attached hydrogens (tertiary/aromatic N) is 1. The van der Waals surface area contributed by atoms with Gasteiger partial charge in [-0.3, -0.25) is 4.98 Å². The van der Waals surface area contributed by atoms with Crippen LogP contribution in [0.4, 0.5) is 0 Å². The zero-order chi connectivity index (χ0) is 15.0. The SMILES string of the molecule is CC(C)c1ccc2nc(C3CCNC3)cc(C(=O)O)c2c1. The van der Waals surface area contributed by atoms with Gasteiger partial charge in [0.1, 0.15) is 0 Å². The highest BCUT2D eigenvalue weighted by molar-refractivity contribution is 6.02. The second-order valence-electron chi connectivity index (χ2n) is 6.02. The molecule has 4 heteroatoms. The molecule has 1 aromatic heterocycles. The number of carbonyl (C=O) groups is 1. The van der Waals surface area contributed by atoms with Gasteiger partial charge in [-0.25, -0.2) is 4.79 Å². The number of rotatable bonds is 3. The standard InChI is InChI=1S/C17H20N2O2/c1-10(2)11-3-4-15-13(7-11)14(17(20)21)8-16(19-15)12-5-6-18-9-12/h3-4,7-8,10,12,18H,5-6,9H2,1-2H3,(H,20,21). The molecule has 1 aliphatic rings. The molecule has 0 amide bonds. The van der Waals surface area contributed by atoms with E-state index < -0.39 is 5.97 Å². The number of carboxylic acids is 1. The zero-order valence-corrected chi connectivity index (χ0v) is 12.4. The van der Waals surface area contributed by atoms with Crippen molar-refractivity contribution in [2.75, 3.05) is 13.1 Å². The van der Waals surface area contributed by atoms with Gasteiger partial charge in [0.05, 0.1) is 11.1 Å². The Balaban J connectivity index is 2.18. The fourth-order valence-corrected chi connectivity index (χ4v) is 2.92. The number of fused-ring (bicyclic) bond motifs is 1. The highest BCUT2D eigenvalue weighted by atomic mass is 16.4. The number of hydrogen-bond acceptors (Lipinski definition) is 3. The summed E-state index contributed by atoms with van der Waals surface area (Å²) in [4.78, 5) is 16.3. The minimum Gasteiger partial charge on any atom is -0.478 e. The first-order chi connectivity index (χ1) is 10.1. The van der Waals surface area contributed by atoms with Crippen molar-refractivity contribution >= 4 is 16.9 Å². The maximum atomic E-state index is 11.6. The normalized spacial score (nSPS) is 18.5. The minimum absolute atomic E-state index is 0.317.